The molecule has 1 unspecified atom stereocenters. The van der Waals surface area contributed by atoms with Crippen molar-refractivity contribution in [3.63, 3.8) is 0 Å². The molecule has 1 atom stereocenters. The van der Waals surface area contributed by atoms with Crippen LogP contribution >= 0.6 is 22.6 Å². The molecule has 0 amide bonds. The Morgan fingerprint density at radius 2 is 2.08 bits per heavy atom. The van der Waals surface area contributed by atoms with Crippen molar-refractivity contribution >= 4 is 28.6 Å². The van der Waals surface area contributed by atoms with Crippen LogP contribution in [0.3, 0.4) is 0 Å². The van der Waals surface area contributed by atoms with E-state index in [4.69, 9.17) is 4.74 Å². The summed E-state index contributed by atoms with van der Waals surface area (Å²) >= 11 is 2.08. The Labute approximate surface area is 91.4 Å². The summed E-state index contributed by atoms with van der Waals surface area (Å²) in [6.07, 6.45) is 0. The lowest BCUT2D eigenvalue weighted by atomic mass is 10.2. The fourth-order valence-corrected chi connectivity index (χ4v) is 1.57. The highest BCUT2D eigenvalue weighted by Crippen LogP contribution is 2.24. The summed E-state index contributed by atoms with van der Waals surface area (Å²) in [5, 5.41) is 0. The van der Waals surface area contributed by atoms with Crippen molar-refractivity contribution in [2.45, 2.75) is 10.8 Å². The molecule has 0 N–H and O–H groups in total. The lowest BCUT2D eigenvalue weighted by Gasteiger charge is -2.08. The Morgan fingerprint density at radius 3 is 2.62 bits per heavy atom. The van der Waals surface area contributed by atoms with Gasteiger partial charge in [0.2, 0.25) is 0 Å². The number of alkyl halides is 1. The molecule has 0 bridgehead atoms. The Kier molecular flexibility index (Phi) is 4.21. The van der Waals surface area contributed by atoms with E-state index < -0.39 is 0 Å². The van der Waals surface area contributed by atoms with E-state index in [1.165, 1.54) is 0 Å². The largest absolute Gasteiger partial charge is 0.465 e. The first-order valence-electron chi connectivity index (χ1n) is 4.11. The van der Waals surface area contributed by atoms with Crippen LogP contribution in [-0.4, -0.2) is 12.6 Å². The number of halogens is 1. The van der Waals surface area contributed by atoms with Gasteiger partial charge in [0, 0.05) is 0 Å². The Hall–Kier alpha value is -0.580. The molecular formula is C10H11IO2. The molecule has 1 rings (SSSR count). The molecule has 0 spiro atoms. The van der Waals surface area contributed by atoms with Gasteiger partial charge < -0.3 is 4.74 Å². The van der Waals surface area contributed by atoms with Gasteiger partial charge in [0.15, 0.2) is 0 Å². The lowest BCUT2D eigenvalue weighted by molar-refractivity contribution is -0.142. The number of benzene rings is 1. The highest BCUT2D eigenvalue weighted by Gasteiger charge is 2.17. The minimum atomic E-state index is -0.196. The zero-order valence-corrected chi connectivity index (χ0v) is 9.52. The van der Waals surface area contributed by atoms with E-state index in [1.54, 1.807) is 0 Å². The average molecular weight is 290 g/mol. The van der Waals surface area contributed by atoms with Crippen molar-refractivity contribution in [2.75, 3.05) is 6.61 Å². The summed E-state index contributed by atoms with van der Waals surface area (Å²) < 4.78 is 4.72. The van der Waals surface area contributed by atoms with Crippen LogP contribution < -0.4 is 0 Å². The van der Waals surface area contributed by atoms with Gasteiger partial charge in [-0.2, -0.15) is 0 Å². The minimum absolute atomic E-state index is 0.172. The smallest absolute Gasteiger partial charge is 0.323 e. The van der Waals surface area contributed by atoms with E-state index in [-0.39, 0.29) is 9.89 Å². The molecule has 0 heterocycles. The first-order chi connectivity index (χ1) is 6.25. The third-order valence-corrected chi connectivity index (χ3v) is 2.81. The lowest BCUT2D eigenvalue weighted by Crippen LogP contribution is -2.10. The predicted octanol–water partition coefficient (Wildman–Crippen LogP) is 2.73. The highest BCUT2D eigenvalue weighted by molar-refractivity contribution is 14.1. The summed E-state index contributed by atoms with van der Waals surface area (Å²) in [6, 6.07) is 9.61. The molecule has 0 fully saturated rings. The van der Waals surface area contributed by atoms with Crippen LogP contribution in [0.1, 0.15) is 16.4 Å². The predicted molar refractivity (Wildman–Crippen MR) is 59.8 cm³/mol. The van der Waals surface area contributed by atoms with Crippen molar-refractivity contribution in [1.82, 2.24) is 0 Å². The number of carbonyl (C=O) groups excluding carboxylic acids is 1. The van der Waals surface area contributed by atoms with E-state index in [0.29, 0.717) is 6.61 Å². The number of rotatable bonds is 3. The van der Waals surface area contributed by atoms with Crippen LogP contribution in [-0.2, 0) is 9.53 Å². The van der Waals surface area contributed by atoms with Crippen LogP contribution in [0, 0.1) is 0 Å². The van der Waals surface area contributed by atoms with E-state index >= 15 is 0 Å². The van der Waals surface area contributed by atoms with Crippen LogP contribution in [0.15, 0.2) is 30.3 Å². The summed E-state index contributed by atoms with van der Waals surface area (Å²) in [6.45, 7) is 2.25. The molecular weight excluding hydrogens is 279 g/mol. The Balaban J connectivity index is 2.68. The van der Waals surface area contributed by atoms with Gasteiger partial charge in [-0.15, -0.1) is 0 Å². The van der Waals surface area contributed by atoms with Crippen molar-refractivity contribution < 1.29 is 9.53 Å². The number of carbonyl (C=O) groups is 1. The standard InChI is InChI=1S/C10H11IO2/c1-2-13-10(12)9(11)8-6-4-3-5-7-8/h3-7,9H,2H2,1H3. The first kappa shape index (κ1) is 10.5. The molecule has 2 nitrogen and oxygen atoms in total. The first-order valence-corrected chi connectivity index (χ1v) is 5.36. The highest BCUT2D eigenvalue weighted by atomic mass is 127. The fourth-order valence-electron chi connectivity index (χ4n) is 0.974. The van der Waals surface area contributed by atoms with Crippen LogP contribution in [0.4, 0.5) is 0 Å². The number of hydrogen-bond donors (Lipinski definition) is 0. The van der Waals surface area contributed by atoms with Gasteiger partial charge in [-0.05, 0) is 12.5 Å². The quantitative estimate of drug-likeness (QED) is 0.486. The zero-order valence-electron chi connectivity index (χ0n) is 7.37. The van der Waals surface area contributed by atoms with Crippen molar-refractivity contribution in [3.8, 4) is 0 Å². The second kappa shape index (κ2) is 5.21. The summed E-state index contributed by atoms with van der Waals surface area (Å²) in [5.74, 6) is -0.172. The SMILES string of the molecule is CCOC(=O)C(I)c1ccccc1. The van der Waals surface area contributed by atoms with E-state index in [0.717, 1.165) is 5.56 Å². The normalized spacial score (nSPS) is 12.2. The van der Waals surface area contributed by atoms with Gasteiger partial charge in [0.1, 0.15) is 3.92 Å². The van der Waals surface area contributed by atoms with Gasteiger partial charge in [-0.3, -0.25) is 4.79 Å². The van der Waals surface area contributed by atoms with Gasteiger partial charge in [-0.1, -0.05) is 52.9 Å². The maximum atomic E-state index is 11.3. The second-order valence-corrected chi connectivity index (χ2v) is 3.77. The Morgan fingerprint density at radius 1 is 1.46 bits per heavy atom. The van der Waals surface area contributed by atoms with Crippen molar-refractivity contribution in [2.24, 2.45) is 0 Å². The van der Waals surface area contributed by atoms with E-state index in [1.807, 2.05) is 37.3 Å². The summed E-state index contributed by atoms with van der Waals surface area (Å²) in [5.41, 5.74) is 0.988. The van der Waals surface area contributed by atoms with Crippen molar-refractivity contribution in [1.29, 1.82) is 0 Å². The third-order valence-electron chi connectivity index (χ3n) is 1.59. The third kappa shape index (κ3) is 2.99. The summed E-state index contributed by atoms with van der Waals surface area (Å²) in [7, 11) is 0. The van der Waals surface area contributed by atoms with Crippen molar-refractivity contribution in [3.05, 3.63) is 35.9 Å². The van der Waals surface area contributed by atoms with E-state index in [2.05, 4.69) is 22.6 Å². The molecule has 0 radical (unpaired) electrons. The van der Waals surface area contributed by atoms with Crippen LogP contribution in [0.25, 0.3) is 0 Å². The molecule has 0 aromatic heterocycles. The topological polar surface area (TPSA) is 26.3 Å². The number of hydrogen-bond acceptors (Lipinski definition) is 2. The molecule has 0 saturated carbocycles. The molecule has 0 aliphatic rings. The minimum Gasteiger partial charge on any atom is -0.465 e. The number of esters is 1. The maximum Gasteiger partial charge on any atom is 0.323 e. The molecule has 1 aromatic rings. The average Bonchev–Trinajstić information content (AvgIpc) is 2.18. The number of ether oxygens (including phenoxy) is 1. The van der Waals surface area contributed by atoms with Gasteiger partial charge in [-0.25, -0.2) is 0 Å². The van der Waals surface area contributed by atoms with Gasteiger partial charge in [0.25, 0.3) is 0 Å². The molecule has 0 aliphatic carbocycles. The van der Waals surface area contributed by atoms with Gasteiger partial charge >= 0.3 is 5.97 Å². The fraction of sp³-hybridized carbons (Fsp3) is 0.300. The zero-order chi connectivity index (χ0) is 9.68. The summed E-state index contributed by atoms with van der Waals surface area (Å²) in [4.78, 5) is 11.3. The molecule has 0 aliphatic heterocycles. The van der Waals surface area contributed by atoms with Crippen LogP contribution in [0.5, 0.6) is 0 Å². The molecule has 13 heavy (non-hydrogen) atoms. The molecule has 3 heteroatoms. The second-order valence-electron chi connectivity index (χ2n) is 2.53. The molecule has 0 saturated heterocycles. The monoisotopic (exact) mass is 290 g/mol. The Bertz CT molecular complexity index is 272. The van der Waals surface area contributed by atoms with E-state index in [9.17, 15) is 4.79 Å². The maximum absolute atomic E-state index is 11.3. The molecule has 70 valence electrons. The van der Waals surface area contributed by atoms with Gasteiger partial charge in [0.05, 0.1) is 6.61 Å². The van der Waals surface area contributed by atoms with Crippen LogP contribution in [0.2, 0.25) is 0 Å². The molecule has 1 aromatic carbocycles.